The Balaban J connectivity index is 1.81. The van der Waals surface area contributed by atoms with Crippen LogP contribution in [0.3, 0.4) is 0 Å². The van der Waals surface area contributed by atoms with Crippen LogP contribution in [0, 0.1) is 5.92 Å². The van der Waals surface area contributed by atoms with E-state index in [0.29, 0.717) is 33.7 Å². The number of aliphatic hydroxyl groups excluding tert-OH is 1. The number of ether oxygens (including phenoxy) is 2. The zero-order valence-corrected chi connectivity index (χ0v) is 16.2. The maximum absolute atomic E-state index is 12.6. The van der Waals surface area contributed by atoms with E-state index in [1.54, 1.807) is 24.0 Å². The maximum Gasteiger partial charge on any atom is 0.387 e. The number of hydrogen-bond donors (Lipinski definition) is 1. The van der Waals surface area contributed by atoms with Gasteiger partial charge < -0.3 is 14.6 Å². The molecule has 0 unspecified atom stereocenters. The van der Waals surface area contributed by atoms with E-state index in [9.17, 15) is 13.9 Å². The summed E-state index contributed by atoms with van der Waals surface area (Å²) in [5.41, 5.74) is 1.11. The average Bonchev–Trinajstić information content (AvgIpc) is 3.40. The fourth-order valence-corrected chi connectivity index (χ4v) is 3.42. The first-order valence-corrected chi connectivity index (χ1v) is 9.32. The summed E-state index contributed by atoms with van der Waals surface area (Å²) in [6, 6.07) is 4.42. The molecule has 0 spiro atoms. The van der Waals surface area contributed by atoms with Crippen molar-refractivity contribution in [3.63, 3.8) is 0 Å². The average molecular weight is 419 g/mol. The maximum atomic E-state index is 12.6. The summed E-state index contributed by atoms with van der Waals surface area (Å²) < 4.78 is 37.1. The molecule has 0 saturated heterocycles. The third-order valence-corrected chi connectivity index (χ3v) is 5.00. The normalized spacial score (nSPS) is 15.1. The molecule has 2 aromatic rings. The van der Waals surface area contributed by atoms with E-state index in [2.05, 4.69) is 4.74 Å². The lowest BCUT2D eigenvalue weighted by Gasteiger charge is -2.17. The topological polar surface area (TPSA) is 42.6 Å². The van der Waals surface area contributed by atoms with Gasteiger partial charge in [-0.05, 0) is 36.5 Å². The molecule has 146 valence electrons. The van der Waals surface area contributed by atoms with Gasteiger partial charge in [0.2, 0.25) is 0 Å². The Morgan fingerprint density at radius 3 is 2.44 bits per heavy atom. The standard InChI is InChI=1S/C19H20Cl2F2NO3/c1-24-8-14(20)13(15(21)9-24)7-16(25)12-4-5-17(27-19(22)23)18(6-12)26-10-11-2-3-11/h4-6,8-9,11,16,19,25H,2-3,7,10H2,1H3/q+1/t16-/m0/s1. The number of nitrogens with zero attached hydrogens (tertiary/aromatic N) is 1. The number of benzene rings is 1. The molecule has 1 aromatic heterocycles. The predicted octanol–water partition coefficient (Wildman–Crippen LogP) is 4.48. The molecule has 0 bridgehead atoms. The third kappa shape index (κ3) is 5.43. The highest BCUT2D eigenvalue weighted by Gasteiger charge is 2.24. The van der Waals surface area contributed by atoms with Crippen LogP contribution in [-0.2, 0) is 13.5 Å². The largest absolute Gasteiger partial charge is 0.489 e. The minimum absolute atomic E-state index is 0.0515. The van der Waals surface area contributed by atoms with E-state index >= 15 is 0 Å². The first-order chi connectivity index (χ1) is 12.8. The number of pyridine rings is 1. The number of alkyl halides is 2. The van der Waals surface area contributed by atoms with Gasteiger partial charge in [0.05, 0.1) is 12.7 Å². The summed E-state index contributed by atoms with van der Waals surface area (Å²) in [7, 11) is 1.79. The fourth-order valence-electron chi connectivity index (χ4n) is 2.70. The summed E-state index contributed by atoms with van der Waals surface area (Å²) in [5, 5.41) is 11.5. The second-order valence-electron chi connectivity index (χ2n) is 6.66. The van der Waals surface area contributed by atoms with Gasteiger partial charge in [0.15, 0.2) is 23.9 Å². The number of halogens is 4. The molecule has 27 heavy (non-hydrogen) atoms. The van der Waals surface area contributed by atoms with Crippen LogP contribution in [0.1, 0.15) is 30.1 Å². The van der Waals surface area contributed by atoms with Crippen LogP contribution in [0.2, 0.25) is 10.0 Å². The van der Waals surface area contributed by atoms with Crippen molar-refractivity contribution in [3.05, 3.63) is 51.8 Å². The molecular weight excluding hydrogens is 399 g/mol. The summed E-state index contributed by atoms with van der Waals surface area (Å²) in [6.45, 7) is -2.52. The fraction of sp³-hybridized carbons (Fsp3) is 0.421. The number of aliphatic hydroxyl groups is 1. The molecule has 4 nitrogen and oxygen atoms in total. The second-order valence-corrected chi connectivity index (χ2v) is 7.47. The van der Waals surface area contributed by atoms with Crippen molar-refractivity contribution in [2.24, 2.45) is 13.0 Å². The number of hydrogen-bond acceptors (Lipinski definition) is 3. The molecule has 1 heterocycles. The van der Waals surface area contributed by atoms with Gasteiger partial charge in [0.25, 0.3) is 0 Å². The van der Waals surface area contributed by atoms with E-state index in [-0.39, 0.29) is 17.9 Å². The monoisotopic (exact) mass is 418 g/mol. The van der Waals surface area contributed by atoms with Crippen LogP contribution in [0.25, 0.3) is 0 Å². The number of rotatable bonds is 8. The first kappa shape index (κ1) is 20.1. The van der Waals surface area contributed by atoms with Crippen LogP contribution in [0.5, 0.6) is 11.5 Å². The Bertz CT molecular complexity index is 793. The molecule has 3 rings (SSSR count). The summed E-state index contributed by atoms with van der Waals surface area (Å²) in [6.07, 6.45) is 4.76. The Kier molecular flexibility index (Phi) is 6.40. The Hall–Kier alpha value is -1.63. The van der Waals surface area contributed by atoms with Crippen molar-refractivity contribution in [2.75, 3.05) is 6.61 Å². The lowest BCUT2D eigenvalue weighted by Crippen LogP contribution is -2.27. The molecule has 1 atom stereocenters. The highest BCUT2D eigenvalue weighted by Crippen LogP contribution is 2.36. The molecular formula is C19H20Cl2F2NO3+. The quantitative estimate of drug-likeness (QED) is 0.642. The molecule has 0 amide bonds. The minimum atomic E-state index is -2.95. The van der Waals surface area contributed by atoms with E-state index in [1.807, 2.05) is 0 Å². The Morgan fingerprint density at radius 2 is 1.85 bits per heavy atom. The highest BCUT2D eigenvalue weighted by atomic mass is 35.5. The van der Waals surface area contributed by atoms with Crippen LogP contribution in [0.15, 0.2) is 30.6 Å². The molecule has 1 aromatic carbocycles. The third-order valence-electron chi connectivity index (χ3n) is 4.35. The zero-order valence-electron chi connectivity index (χ0n) is 14.7. The van der Waals surface area contributed by atoms with Crippen LogP contribution in [0.4, 0.5) is 8.78 Å². The van der Waals surface area contributed by atoms with Crippen molar-refractivity contribution >= 4 is 23.2 Å². The molecule has 1 aliphatic carbocycles. The van der Waals surface area contributed by atoms with Gasteiger partial charge in [0.1, 0.15) is 17.1 Å². The van der Waals surface area contributed by atoms with Gasteiger partial charge in [-0.15, -0.1) is 0 Å². The van der Waals surface area contributed by atoms with E-state index in [1.165, 1.54) is 18.2 Å². The zero-order chi connectivity index (χ0) is 19.6. The van der Waals surface area contributed by atoms with Crippen molar-refractivity contribution in [3.8, 4) is 11.5 Å². The van der Waals surface area contributed by atoms with Gasteiger partial charge in [-0.25, -0.2) is 4.57 Å². The van der Waals surface area contributed by atoms with Crippen molar-refractivity contribution in [1.82, 2.24) is 0 Å². The number of aryl methyl sites for hydroxylation is 1. The molecule has 0 radical (unpaired) electrons. The first-order valence-electron chi connectivity index (χ1n) is 8.56. The molecule has 0 aliphatic heterocycles. The van der Waals surface area contributed by atoms with Crippen LogP contribution in [-0.4, -0.2) is 18.3 Å². The second kappa shape index (κ2) is 8.59. The van der Waals surface area contributed by atoms with Gasteiger partial charge >= 0.3 is 6.61 Å². The van der Waals surface area contributed by atoms with Crippen molar-refractivity contribution in [2.45, 2.75) is 32.0 Å². The lowest BCUT2D eigenvalue weighted by atomic mass is 10.0. The molecule has 1 N–H and O–H groups in total. The van der Waals surface area contributed by atoms with E-state index in [0.717, 1.165) is 12.8 Å². The molecule has 1 saturated carbocycles. The highest BCUT2D eigenvalue weighted by molar-refractivity contribution is 6.35. The molecule has 8 heteroatoms. The van der Waals surface area contributed by atoms with Crippen LogP contribution >= 0.6 is 23.2 Å². The van der Waals surface area contributed by atoms with Gasteiger partial charge in [-0.3, -0.25) is 0 Å². The SMILES string of the molecule is C[n+]1cc(Cl)c(C[C@H](O)c2ccc(OC(F)F)c(OCC3CC3)c2)c(Cl)c1. The Labute approximate surface area is 166 Å². The summed E-state index contributed by atoms with van der Waals surface area (Å²) in [5.74, 6) is 0.584. The lowest BCUT2D eigenvalue weighted by molar-refractivity contribution is -0.671. The molecule has 1 aliphatic rings. The van der Waals surface area contributed by atoms with E-state index < -0.39 is 12.7 Å². The molecule has 1 fully saturated rings. The minimum Gasteiger partial charge on any atom is -0.489 e. The van der Waals surface area contributed by atoms with Crippen molar-refractivity contribution < 1.29 is 27.9 Å². The summed E-state index contributed by atoms with van der Waals surface area (Å²) in [4.78, 5) is 0. The summed E-state index contributed by atoms with van der Waals surface area (Å²) >= 11 is 12.5. The van der Waals surface area contributed by atoms with Gasteiger partial charge in [-0.1, -0.05) is 29.3 Å². The van der Waals surface area contributed by atoms with Gasteiger partial charge in [0, 0.05) is 12.0 Å². The Morgan fingerprint density at radius 1 is 1.19 bits per heavy atom. The smallest absolute Gasteiger partial charge is 0.387 e. The van der Waals surface area contributed by atoms with Gasteiger partial charge in [-0.2, -0.15) is 8.78 Å². The van der Waals surface area contributed by atoms with E-state index in [4.69, 9.17) is 27.9 Å². The number of aromatic nitrogens is 1. The van der Waals surface area contributed by atoms with Crippen LogP contribution < -0.4 is 14.0 Å². The predicted molar refractivity (Wildman–Crippen MR) is 97.6 cm³/mol. The van der Waals surface area contributed by atoms with Crippen molar-refractivity contribution in [1.29, 1.82) is 0 Å².